The molecule has 2 N–H and O–H groups in total. The molecule has 0 saturated carbocycles. The Kier molecular flexibility index (Phi) is 5.56. The molecule has 7 heteroatoms. The number of nitrogens with one attached hydrogen (secondary N) is 2. The van der Waals surface area contributed by atoms with Crippen molar-refractivity contribution in [2.24, 2.45) is 5.92 Å². The lowest BCUT2D eigenvalue weighted by Crippen LogP contribution is -2.41. The topological polar surface area (TPSA) is 61.0 Å². The fraction of sp³-hybridized carbons (Fsp3) is 0.364. The van der Waals surface area contributed by atoms with Crippen molar-refractivity contribution in [1.29, 1.82) is 0 Å². The molecule has 0 spiro atoms. The molecule has 0 amide bonds. The standard InChI is InChI=1S/C22H24ClFN4O/c1-13(2)20-12-28(9-3-8-25-20)15-5-7-19-16(11-15)22(29)27-21(26-19)14-4-6-18(24)17(23)10-14/h4-7,10-11,13,20,25H,3,8-9,12H2,1-2H3,(H,26,27,29)/t20-/m1/s1. The number of H-pyrrole nitrogens is 1. The zero-order valence-corrected chi connectivity index (χ0v) is 17.3. The molecule has 2 heterocycles. The number of nitrogens with zero attached hydrogens (tertiary/aromatic N) is 2. The maximum absolute atomic E-state index is 13.4. The minimum Gasteiger partial charge on any atom is -0.370 e. The second kappa shape index (κ2) is 8.13. The van der Waals surface area contributed by atoms with E-state index in [-0.39, 0.29) is 10.6 Å². The van der Waals surface area contributed by atoms with Gasteiger partial charge in [-0.25, -0.2) is 9.37 Å². The van der Waals surface area contributed by atoms with Crippen LogP contribution in [-0.2, 0) is 0 Å². The molecule has 0 aliphatic carbocycles. The lowest BCUT2D eigenvalue weighted by Gasteiger charge is -2.28. The number of hydrogen-bond donors (Lipinski definition) is 2. The zero-order chi connectivity index (χ0) is 20.5. The van der Waals surface area contributed by atoms with Gasteiger partial charge >= 0.3 is 0 Å². The zero-order valence-electron chi connectivity index (χ0n) is 16.5. The summed E-state index contributed by atoms with van der Waals surface area (Å²) in [6, 6.07) is 10.5. The van der Waals surface area contributed by atoms with Crippen molar-refractivity contribution in [3.63, 3.8) is 0 Å². The molecule has 1 fully saturated rings. The van der Waals surface area contributed by atoms with Gasteiger partial charge in [0.2, 0.25) is 0 Å². The molecule has 5 nitrogen and oxygen atoms in total. The number of benzene rings is 2. The van der Waals surface area contributed by atoms with E-state index in [4.69, 9.17) is 11.6 Å². The van der Waals surface area contributed by atoms with E-state index in [0.717, 1.165) is 31.7 Å². The summed E-state index contributed by atoms with van der Waals surface area (Å²) in [5.74, 6) is 0.400. The van der Waals surface area contributed by atoms with Crippen molar-refractivity contribution in [2.75, 3.05) is 24.5 Å². The monoisotopic (exact) mass is 414 g/mol. The molecule has 1 saturated heterocycles. The number of rotatable bonds is 3. The lowest BCUT2D eigenvalue weighted by molar-refractivity contribution is 0.420. The molecule has 0 unspecified atom stereocenters. The van der Waals surface area contributed by atoms with Crippen LogP contribution in [0.2, 0.25) is 5.02 Å². The maximum Gasteiger partial charge on any atom is 0.259 e. The number of halogens is 2. The third-order valence-corrected chi connectivity index (χ3v) is 5.77. The highest BCUT2D eigenvalue weighted by atomic mass is 35.5. The van der Waals surface area contributed by atoms with E-state index >= 15 is 0 Å². The number of aromatic amines is 1. The Labute approximate surface area is 173 Å². The summed E-state index contributed by atoms with van der Waals surface area (Å²) in [5, 5.41) is 4.14. The predicted octanol–water partition coefficient (Wildman–Crippen LogP) is 4.21. The summed E-state index contributed by atoms with van der Waals surface area (Å²) in [5.41, 5.74) is 1.97. The quantitative estimate of drug-likeness (QED) is 0.674. The molecule has 0 radical (unpaired) electrons. The molecule has 1 aromatic heterocycles. The first kappa shape index (κ1) is 19.9. The van der Waals surface area contributed by atoms with Crippen molar-refractivity contribution in [3.05, 3.63) is 57.6 Å². The van der Waals surface area contributed by atoms with Crippen LogP contribution in [0.1, 0.15) is 20.3 Å². The van der Waals surface area contributed by atoms with Crippen LogP contribution in [0.4, 0.5) is 10.1 Å². The van der Waals surface area contributed by atoms with E-state index in [1.165, 1.54) is 12.1 Å². The first-order valence-electron chi connectivity index (χ1n) is 9.90. The first-order chi connectivity index (χ1) is 13.9. The fourth-order valence-electron chi connectivity index (χ4n) is 3.74. The third kappa shape index (κ3) is 4.14. The van der Waals surface area contributed by atoms with Crippen LogP contribution >= 0.6 is 11.6 Å². The van der Waals surface area contributed by atoms with E-state index in [0.29, 0.717) is 34.3 Å². The SMILES string of the molecule is CC(C)[C@H]1CN(c2ccc3nc(-c4ccc(F)c(Cl)c4)[nH]c(=O)c3c2)CCCN1. The Hall–Kier alpha value is -2.44. The van der Waals surface area contributed by atoms with E-state index < -0.39 is 5.82 Å². The fourth-order valence-corrected chi connectivity index (χ4v) is 3.92. The number of fused-ring (bicyclic) bond motifs is 1. The molecule has 4 rings (SSSR count). The maximum atomic E-state index is 13.4. The largest absolute Gasteiger partial charge is 0.370 e. The molecule has 29 heavy (non-hydrogen) atoms. The third-order valence-electron chi connectivity index (χ3n) is 5.48. The molecule has 2 aromatic carbocycles. The number of anilines is 1. The summed E-state index contributed by atoms with van der Waals surface area (Å²) in [6.07, 6.45) is 1.06. The molecule has 1 atom stereocenters. The van der Waals surface area contributed by atoms with E-state index in [9.17, 15) is 9.18 Å². The molecular formula is C22H24ClFN4O. The second-order valence-electron chi connectivity index (χ2n) is 7.85. The van der Waals surface area contributed by atoms with Crippen LogP contribution in [-0.4, -0.2) is 35.6 Å². The highest BCUT2D eigenvalue weighted by Gasteiger charge is 2.21. The normalized spacial score (nSPS) is 17.7. The van der Waals surface area contributed by atoms with Gasteiger partial charge in [-0.15, -0.1) is 0 Å². The average Bonchev–Trinajstić information content (AvgIpc) is 2.96. The van der Waals surface area contributed by atoms with Gasteiger partial charge in [-0.1, -0.05) is 25.4 Å². The van der Waals surface area contributed by atoms with Crippen molar-refractivity contribution in [2.45, 2.75) is 26.3 Å². The molecule has 1 aliphatic rings. The molecular weight excluding hydrogens is 391 g/mol. The van der Waals surface area contributed by atoms with Crippen LogP contribution < -0.4 is 15.8 Å². The molecule has 152 valence electrons. The Balaban J connectivity index is 1.70. The minimum atomic E-state index is -0.505. The summed E-state index contributed by atoms with van der Waals surface area (Å²) in [4.78, 5) is 22.5. The number of hydrogen-bond acceptors (Lipinski definition) is 4. The van der Waals surface area contributed by atoms with Crippen LogP contribution in [0.25, 0.3) is 22.3 Å². The highest BCUT2D eigenvalue weighted by Crippen LogP contribution is 2.25. The van der Waals surface area contributed by atoms with Gasteiger partial charge in [0.25, 0.3) is 5.56 Å². The average molecular weight is 415 g/mol. The van der Waals surface area contributed by atoms with Crippen molar-refractivity contribution in [3.8, 4) is 11.4 Å². The van der Waals surface area contributed by atoms with Gasteiger partial charge in [-0.3, -0.25) is 4.79 Å². The van der Waals surface area contributed by atoms with Gasteiger partial charge in [-0.05, 0) is 55.3 Å². The van der Waals surface area contributed by atoms with Crippen molar-refractivity contribution in [1.82, 2.24) is 15.3 Å². The Morgan fingerprint density at radius 3 is 2.83 bits per heavy atom. The molecule has 1 aliphatic heterocycles. The Morgan fingerprint density at radius 1 is 1.24 bits per heavy atom. The summed E-state index contributed by atoms with van der Waals surface area (Å²) >= 11 is 5.87. The Bertz CT molecular complexity index is 1100. The van der Waals surface area contributed by atoms with Gasteiger partial charge in [0.1, 0.15) is 11.6 Å². The van der Waals surface area contributed by atoms with E-state index in [1.807, 2.05) is 18.2 Å². The smallest absolute Gasteiger partial charge is 0.259 e. The van der Waals surface area contributed by atoms with Gasteiger partial charge in [0.15, 0.2) is 0 Å². The van der Waals surface area contributed by atoms with Crippen molar-refractivity contribution < 1.29 is 4.39 Å². The minimum absolute atomic E-state index is 0.00456. The molecule has 0 bridgehead atoms. The van der Waals surface area contributed by atoms with Gasteiger partial charge in [-0.2, -0.15) is 0 Å². The van der Waals surface area contributed by atoms with Crippen LogP contribution in [0.15, 0.2) is 41.2 Å². The van der Waals surface area contributed by atoms with Crippen molar-refractivity contribution >= 4 is 28.2 Å². The van der Waals surface area contributed by atoms with Crippen LogP contribution in [0.3, 0.4) is 0 Å². The summed E-state index contributed by atoms with van der Waals surface area (Å²) < 4.78 is 13.4. The number of aromatic nitrogens is 2. The lowest BCUT2D eigenvalue weighted by atomic mass is 10.0. The van der Waals surface area contributed by atoms with Gasteiger partial charge < -0.3 is 15.2 Å². The Morgan fingerprint density at radius 2 is 2.07 bits per heavy atom. The summed E-state index contributed by atoms with van der Waals surface area (Å²) in [7, 11) is 0. The predicted molar refractivity (Wildman–Crippen MR) is 116 cm³/mol. The highest BCUT2D eigenvalue weighted by molar-refractivity contribution is 6.31. The molecule has 3 aromatic rings. The van der Waals surface area contributed by atoms with Crippen LogP contribution in [0, 0.1) is 11.7 Å². The van der Waals surface area contributed by atoms with Crippen LogP contribution in [0.5, 0.6) is 0 Å². The van der Waals surface area contributed by atoms with E-state index in [2.05, 4.69) is 34.0 Å². The van der Waals surface area contributed by atoms with Gasteiger partial charge in [0.05, 0.1) is 15.9 Å². The summed E-state index contributed by atoms with van der Waals surface area (Å²) in [6.45, 7) is 7.29. The first-order valence-corrected chi connectivity index (χ1v) is 10.3. The van der Waals surface area contributed by atoms with E-state index in [1.54, 1.807) is 6.07 Å². The van der Waals surface area contributed by atoms with Gasteiger partial charge in [0, 0.05) is 30.4 Å². The second-order valence-corrected chi connectivity index (χ2v) is 8.26.